The van der Waals surface area contributed by atoms with Crippen molar-refractivity contribution in [1.29, 1.82) is 0 Å². The zero-order valence-electron chi connectivity index (χ0n) is 16.4. The van der Waals surface area contributed by atoms with Gasteiger partial charge in [0.2, 0.25) is 0 Å². The lowest BCUT2D eigenvalue weighted by atomic mass is 9.88. The Balaban J connectivity index is 1.51. The van der Waals surface area contributed by atoms with E-state index in [4.69, 9.17) is 30.7 Å². The van der Waals surface area contributed by atoms with Gasteiger partial charge >= 0.3 is 13.9 Å². The molecule has 0 saturated carbocycles. The minimum Gasteiger partial charge on any atom is -0.368 e. The number of hydrogen-bond donors (Lipinski definition) is 2. The summed E-state index contributed by atoms with van der Waals surface area (Å²) in [6.07, 6.45) is 0.309. The largest absolute Gasteiger partial charge is 0.624 e. The number of nitrogens with zero attached hydrogens (tertiary/aromatic N) is 1. The minimum absolute atomic E-state index is 0.161. The molecule has 158 valence electrons. The molecule has 1 fully saturated rings. The number of benzene rings is 1. The van der Waals surface area contributed by atoms with Crippen molar-refractivity contribution in [2.45, 2.75) is 44.4 Å². The molecule has 0 aliphatic carbocycles. The van der Waals surface area contributed by atoms with Crippen LogP contribution in [0.2, 0.25) is 0 Å². The summed E-state index contributed by atoms with van der Waals surface area (Å²) in [5.41, 5.74) is -2.24. The second-order valence-electron chi connectivity index (χ2n) is 7.08. The van der Waals surface area contributed by atoms with E-state index in [2.05, 4.69) is 4.98 Å². The number of aromatic nitrogens is 2. The SMILES string of the molecule is [B]C(O)(O[P+]1(OC)OCc2ccccc2O1)C1CCC(n2cc(C)c(=O)[nH]c2=O)O1. The summed E-state index contributed by atoms with van der Waals surface area (Å²) < 4.78 is 29.4. The fourth-order valence-corrected chi connectivity index (χ4v) is 4.94. The molecule has 2 aromatic rings. The maximum atomic E-state index is 12.1. The number of H-pyrrole nitrogens is 1. The molecule has 12 heteroatoms. The Bertz CT molecular complexity index is 1060. The van der Waals surface area contributed by atoms with Crippen LogP contribution in [0.5, 0.6) is 5.75 Å². The minimum atomic E-state index is -3.46. The van der Waals surface area contributed by atoms with E-state index in [1.165, 1.54) is 17.9 Å². The smallest absolute Gasteiger partial charge is 0.368 e. The van der Waals surface area contributed by atoms with Gasteiger partial charge in [-0.2, -0.15) is 0 Å². The van der Waals surface area contributed by atoms with E-state index in [1.807, 2.05) is 12.1 Å². The summed E-state index contributed by atoms with van der Waals surface area (Å²) >= 11 is 0. The molecule has 4 unspecified atom stereocenters. The van der Waals surface area contributed by atoms with Crippen LogP contribution >= 0.6 is 8.17 Å². The number of ether oxygens (including phenoxy) is 1. The van der Waals surface area contributed by atoms with Gasteiger partial charge in [-0.25, -0.2) is 4.79 Å². The van der Waals surface area contributed by atoms with E-state index in [9.17, 15) is 14.7 Å². The first-order valence-corrected chi connectivity index (χ1v) is 10.8. The third kappa shape index (κ3) is 3.97. The Morgan fingerprint density at radius 2 is 2.10 bits per heavy atom. The summed E-state index contributed by atoms with van der Waals surface area (Å²) in [5, 5.41) is 10.8. The van der Waals surface area contributed by atoms with Crippen molar-refractivity contribution in [2.75, 3.05) is 7.11 Å². The van der Waals surface area contributed by atoms with Crippen LogP contribution in [0.4, 0.5) is 0 Å². The van der Waals surface area contributed by atoms with Crippen LogP contribution in [0.1, 0.15) is 30.2 Å². The van der Waals surface area contributed by atoms with E-state index < -0.39 is 37.4 Å². The maximum absolute atomic E-state index is 12.1. The lowest BCUT2D eigenvalue weighted by molar-refractivity contribution is -0.182. The van der Waals surface area contributed by atoms with Crippen molar-refractivity contribution in [2.24, 2.45) is 0 Å². The highest BCUT2D eigenvalue weighted by Gasteiger charge is 2.60. The molecule has 0 amide bonds. The summed E-state index contributed by atoms with van der Waals surface area (Å²) in [7, 11) is 3.88. The number of hydrogen-bond acceptors (Lipinski definition) is 8. The van der Waals surface area contributed by atoms with Crippen molar-refractivity contribution < 1.29 is 27.9 Å². The van der Waals surface area contributed by atoms with Crippen LogP contribution in [0.25, 0.3) is 0 Å². The predicted octanol–water partition coefficient (Wildman–Crippen LogP) is 1.29. The average molecular weight is 435 g/mol. The number of aryl methyl sites for hydroxylation is 1. The molecule has 4 rings (SSSR count). The molecule has 0 spiro atoms. The van der Waals surface area contributed by atoms with Crippen molar-refractivity contribution in [3.63, 3.8) is 0 Å². The quantitative estimate of drug-likeness (QED) is 0.410. The summed E-state index contributed by atoms with van der Waals surface area (Å²) in [4.78, 5) is 25.9. The predicted molar refractivity (Wildman–Crippen MR) is 107 cm³/mol. The van der Waals surface area contributed by atoms with E-state index in [0.717, 1.165) is 5.56 Å². The Kier molecular flexibility index (Phi) is 5.61. The number of fused-ring (bicyclic) bond motifs is 1. The third-order valence-electron chi connectivity index (χ3n) is 4.96. The zero-order valence-corrected chi connectivity index (χ0v) is 17.3. The Hall–Kier alpha value is -2.01. The van der Waals surface area contributed by atoms with Gasteiger partial charge in [0.15, 0.2) is 19.3 Å². The number of aliphatic hydroxyl groups is 1. The zero-order chi connectivity index (χ0) is 21.5. The van der Waals surface area contributed by atoms with Crippen LogP contribution in [-0.2, 0) is 24.9 Å². The normalized spacial score (nSPS) is 27.8. The van der Waals surface area contributed by atoms with Gasteiger partial charge in [0, 0.05) is 17.3 Å². The number of para-hydroxylation sites is 1. The lowest BCUT2D eigenvalue weighted by Crippen LogP contribution is -2.46. The first kappa shape index (κ1) is 21.2. The highest BCUT2D eigenvalue weighted by atomic mass is 31.2. The van der Waals surface area contributed by atoms with Crippen molar-refractivity contribution >= 4 is 16.0 Å². The maximum Gasteiger partial charge on any atom is 0.624 e. The first-order chi connectivity index (χ1) is 14.2. The summed E-state index contributed by atoms with van der Waals surface area (Å²) in [6.45, 7) is 1.74. The van der Waals surface area contributed by atoms with E-state index >= 15 is 0 Å². The van der Waals surface area contributed by atoms with E-state index in [1.54, 1.807) is 19.1 Å². The van der Waals surface area contributed by atoms with Gasteiger partial charge in [-0.1, -0.05) is 18.2 Å². The molecule has 2 radical (unpaired) electrons. The highest BCUT2D eigenvalue weighted by molar-refractivity contribution is 7.57. The molecule has 1 aromatic heterocycles. The molecule has 2 N–H and O–H groups in total. The molecule has 1 aromatic carbocycles. The molecule has 2 aliphatic heterocycles. The highest BCUT2D eigenvalue weighted by Crippen LogP contribution is 2.67. The van der Waals surface area contributed by atoms with Gasteiger partial charge in [0.05, 0.1) is 7.11 Å². The van der Waals surface area contributed by atoms with E-state index in [-0.39, 0.29) is 13.0 Å². The molecule has 2 aliphatic rings. The third-order valence-corrected chi connectivity index (χ3v) is 6.79. The Morgan fingerprint density at radius 3 is 2.87 bits per heavy atom. The van der Waals surface area contributed by atoms with Crippen molar-refractivity contribution in [3.05, 3.63) is 62.4 Å². The Labute approximate surface area is 173 Å². The fourth-order valence-electron chi connectivity index (χ4n) is 3.35. The second kappa shape index (κ2) is 7.92. The number of nitrogens with one attached hydrogen (secondary N) is 1. The van der Waals surface area contributed by atoms with Gasteiger partial charge in [-0.15, -0.1) is 13.6 Å². The fraction of sp³-hybridized carbons (Fsp3) is 0.444. The van der Waals surface area contributed by atoms with Crippen LogP contribution in [0.15, 0.2) is 40.1 Å². The van der Waals surface area contributed by atoms with Gasteiger partial charge in [-0.05, 0) is 25.8 Å². The van der Waals surface area contributed by atoms with Crippen molar-refractivity contribution in [1.82, 2.24) is 9.55 Å². The van der Waals surface area contributed by atoms with Gasteiger partial charge in [0.25, 0.3) is 5.56 Å². The lowest BCUT2D eigenvalue weighted by Gasteiger charge is -2.32. The molecule has 0 bridgehead atoms. The topological polar surface area (TPSA) is 121 Å². The van der Waals surface area contributed by atoms with Crippen LogP contribution in [-0.4, -0.2) is 41.4 Å². The Morgan fingerprint density at radius 1 is 1.33 bits per heavy atom. The molecule has 30 heavy (non-hydrogen) atoms. The molecule has 3 heterocycles. The van der Waals surface area contributed by atoms with Gasteiger partial charge < -0.3 is 9.84 Å². The number of rotatable bonds is 5. The first-order valence-electron chi connectivity index (χ1n) is 9.29. The van der Waals surface area contributed by atoms with Crippen LogP contribution < -0.4 is 15.8 Å². The molecule has 10 nitrogen and oxygen atoms in total. The molecule has 4 atom stereocenters. The van der Waals surface area contributed by atoms with Crippen molar-refractivity contribution in [3.8, 4) is 5.75 Å². The standard InChI is InChI=1S/C18H20BN2O8P/c1-11-9-21(17(23)20-16(11)22)15-8-7-14(27-15)18(19,24)29-30(25-2)26-10-12-5-3-4-6-13(12)28-30/h3-6,9,14-15,24H,7-8,10H2,1-2H3/p+1. The molecule has 1 saturated heterocycles. The average Bonchev–Trinajstić information content (AvgIpc) is 3.21. The van der Waals surface area contributed by atoms with E-state index in [0.29, 0.717) is 17.7 Å². The molecular formula is C18H21BN2O8P+. The van der Waals surface area contributed by atoms with Gasteiger partial charge in [0.1, 0.15) is 18.9 Å². The summed E-state index contributed by atoms with van der Waals surface area (Å²) in [6, 6.07) is 7.20. The second-order valence-corrected chi connectivity index (χ2v) is 8.96. The van der Waals surface area contributed by atoms with Crippen LogP contribution in [0, 0.1) is 6.92 Å². The number of aromatic amines is 1. The van der Waals surface area contributed by atoms with Crippen LogP contribution in [0.3, 0.4) is 0 Å². The van der Waals surface area contributed by atoms with Gasteiger partial charge in [-0.3, -0.25) is 18.9 Å². The monoisotopic (exact) mass is 435 g/mol. The summed E-state index contributed by atoms with van der Waals surface area (Å²) in [5.74, 6) is 0.509. The molecular weight excluding hydrogens is 414 g/mol.